The Labute approximate surface area is 211 Å². The van der Waals surface area contributed by atoms with Gasteiger partial charge in [-0.3, -0.25) is 9.59 Å². The molecule has 0 heterocycles. The maximum Gasteiger partial charge on any atom is 0.339 e. The van der Waals surface area contributed by atoms with Gasteiger partial charge < -0.3 is 14.8 Å². The third-order valence-electron chi connectivity index (χ3n) is 4.42. The van der Waals surface area contributed by atoms with Crippen molar-refractivity contribution in [2.24, 2.45) is 0 Å². The van der Waals surface area contributed by atoms with Gasteiger partial charge in [0.15, 0.2) is 0 Å². The van der Waals surface area contributed by atoms with Crippen molar-refractivity contribution in [2.45, 2.75) is 11.8 Å². The predicted octanol–water partition coefficient (Wildman–Crippen LogP) is 5.27. The lowest BCUT2D eigenvalue weighted by Crippen LogP contribution is -2.14. The van der Waals surface area contributed by atoms with E-state index in [1.807, 2.05) is 0 Å². The first-order valence-electron chi connectivity index (χ1n) is 9.88. The van der Waals surface area contributed by atoms with E-state index in [-0.39, 0.29) is 38.4 Å². The monoisotopic (exact) mass is 529 g/mol. The van der Waals surface area contributed by atoms with Crippen molar-refractivity contribution in [1.82, 2.24) is 0 Å². The van der Waals surface area contributed by atoms with Gasteiger partial charge in [0.25, 0.3) is 5.91 Å². The normalized spacial score (nSPS) is 11.3. The smallest absolute Gasteiger partial charge is 0.339 e. The highest BCUT2D eigenvalue weighted by atomic mass is 35.5. The largest absolute Gasteiger partial charge is 0.378 e. The van der Waals surface area contributed by atoms with Gasteiger partial charge in [0.1, 0.15) is 22.3 Å². The maximum atomic E-state index is 12.8. The minimum atomic E-state index is -4.26. The highest BCUT2D eigenvalue weighted by molar-refractivity contribution is 7.87. The Balaban J connectivity index is 1.87. The summed E-state index contributed by atoms with van der Waals surface area (Å²) in [5.41, 5.74) is 0.480. The molecule has 0 unspecified atom stereocenters. The number of hydrogen-bond acceptors (Lipinski definition) is 6. The van der Waals surface area contributed by atoms with Gasteiger partial charge in [0, 0.05) is 23.2 Å². The zero-order valence-corrected chi connectivity index (χ0v) is 20.4. The van der Waals surface area contributed by atoms with E-state index >= 15 is 0 Å². The lowest BCUT2D eigenvalue weighted by atomic mass is 10.1. The number of carbonyl (C=O) groups excluding carboxylic acids is 2. The molecular weight excluding hydrogens is 513 g/mol. The number of nitrogens with zero attached hydrogens (tertiary/aromatic N) is 1. The molecule has 0 saturated heterocycles. The molecule has 8 nitrogen and oxygen atoms in total. The molecule has 0 aliphatic carbocycles. The molecule has 178 valence electrons. The van der Waals surface area contributed by atoms with Crippen molar-refractivity contribution in [3.8, 4) is 11.8 Å². The van der Waals surface area contributed by atoms with Crippen molar-refractivity contribution in [3.63, 3.8) is 0 Å². The topological polar surface area (TPSA) is 125 Å². The molecule has 2 amide bonds. The molecule has 0 aliphatic rings. The molecule has 0 bridgehead atoms. The van der Waals surface area contributed by atoms with Gasteiger partial charge >= 0.3 is 10.1 Å². The van der Waals surface area contributed by atoms with Crippen molar-refractivity contribution >= 4 is 62.6 Å². The second-order valence-electron chi connectivity index (χ2n) is 7.03. The summed E-state index contributed by atoms with van der Waals surface area (Å²) in [6.07, 6.45) is 1.19. The van der Waals surface area contributed by atoms with Crippen LogP contribution in [0, 0.1) is 11.3 Å². The van der Waals surface area contributed by atoms with E-state index in [9.17, 15) is 23.3 Å². The molecule has 0 aliphatic heterocycles. The van der Waals surface area contributed by atoms with Crippen molar-refractivity contribution in [3.05, 3.63) is 87.9 Å². The fourth-order valence-corrected chi connectivity index (χ4v) is 4.13. The highest BCUT2D eigenvalue weighted by Crippen LogP contribution is 2.28. The minimum Gasteiger partial charge on any atom is -0.378 e. The lowest BCUT2D eigenvalue weighted by molar-refractivity contribution is -0.114. The van der Waals surface area contributed by atoms with Crippen molar-refractivity contribution in [1.29, 1.82) is 5.26 Å². The van der Waals surface area contributed by atoms with E-state index in [4.69, 9.17) is 27.4 Å². The van der Waals surface area contributed by atoms with Crippen molar-refractivity contribution in [2.75, 3.05) is 10.6 Å². The summed E-state index contributed by atoms with van der Waals surface area (Å²) < 4.78 is 30.8. The SMILES string of the molecule is CC(=O)Nc1ccc(S(=O)(=O)Oc2ccccc2/C=C(\C#N)C(=O)Nc2cc(Cl)ccc2Cl)cc1. The molecule has 3 aromatic carbocycles. The molecule has 0 spiro atoms. The number of nitrogens with one attached hydrogen (secondary N) is 2. The van der Waals surface area contributed by atoms with Crippen LogP contribution in [0.5, 0.6) is 5.75 Å². The number of halogens is 2. The molecule has 35 heavy (non-hydrogen) atoms. The quantitative estimate of drug-likeness (QED) is 0.244. The van der Waals surface area contributed by atoms with Gasteiger partial charge in [-0.2, -0.15) is 13.7 Å². The highest BCUT2D eigenvalue weighted by Gasteiger charge is 2.19. The summed E-state index contributed by atoms with van der Waals surface area (Å²) in [6, 6.07) is 17.6. The zero-order valence-electron chi connectivity index (χ0n) is 18.1. The Bertz CT molecular complexity index is 1460. The second-order valence-corrected chi connectivity index (χ2v) is 9.42. The third kappa shape index (κ3) is 6.83. The Morgan fingerprint density at radius 3 is 2.34 bits per heavy atom. The molecule has 0 atom stereocenters. The van der Waals surface area contributed by atoms with Gasteiger partial charge in [0.05, 0.1) is 10.7 Å². The van der Waals surface area contributed by atoms with Crippen LogP contribution in [0.3, 0.4) is 0 Å². The van der Waals surface area contributed by atoms with E-state index in [0.717, 1.165) is 0 Å². The fraction of sp³-hybridized carbons (Fsp3) is 0.0417. The summed E-state index contributed by atoms with van der Waals surface area (Å²) in [4.78, 5) is 23.6. The van der Waals surface area contributed by atoms with E-state index in [2.05, 4.69) is 10.6 Å². The van der Waals surface area contributed by atoms with Crippen LogP contribution in [0.25, 0.3) is 6.08 Å². The lowest BCUT2D eigenvalue weighted by Gasteiger charge is -2.11. The Morgan fingerprint density at radius 1 is 1.00 bits per heavy atom. The summed E-state index contributed by atoms with van der Waals surface area (Å²) in [5, 5.41) is 15.1. The fourth-order valence-electron chi connectivity index (χ4n) is 2.84. The van der Waals surface area contributed by atoms with Gasteiger partial charge in [-0.25, -0.2) is 0 Å². The van der Waals surface area contributed by atoms with E-state index < -0.39 is 16.0 Å². The standard InChI is InChI=1S/C24H17Cl2N3O5S/c1-15(30)28-19-7-9-20(10-8-19)35(32,33)34-23-5-3-2-4-16(23)12-17(14-27)24(31)29-22-13-18(25)6-11-21(22)26/h2-13H,1H3,(H,28,30)(H,29,31)/b17-12+. The number of anilines is 2. The Kier molecular flexibility index (Phi) is 8.14. The van der Waals surface area contributed by atoms with Crippen LogP contribution in [0.4, 0.5) is 11.4 Å². The second kappa shape index (κ2) is 11.1. The summed E-state index contributed by atoms with van der Waals surface area (Å²) in [5.74, 6) is -1.17. The third-order valence-corrected chi connectivity index (χ3v) is 6.24. The van der Waals surface area contributed by atoms with Crippen LogP contribution in [-0.2, 0) is 19.7 Å². The molecule has 3 rings (SSSR count). The molecule has 0 saturated carbocycles. The molecule has 11 heteroatoms. The molecule has 0 fully saturated rings. The van der Waals surface area contributed by atoms with Crippen LogP contribution in [-0.4, -0.2) is 20.2 Å². The summed E-state index contributed by atoms with van der Waals surface area (Å²) in [6.45, 7) is 1.33. The number of amides is 2. The maximum absolute atomic E-state index is 12.8. The molecule has 0 radical (unpaired) electrons. The number of nitriles is 1. The summed E-state index contributed by atoms with van der Waals surface area (Å²) >= 11 is 12.0. The van der Waals surface area contributed by atoms with Crippen molar-refractivity contribution < 1.29 is 22.2 Å². The van der Waals surface area contributed by atoms with E-state index in [1.165, 1.54) is 61.5 Å². The van der Waals surface area contributed by atoms with Gasteiger partial charge in [-0.1, -0.05) is 41.4 Å². The summed E-state index contributed by atoms with van der Waals surface area (Å²) in [7, 11) is -4.26. The van der Waals surface area contributed by atoms with Gasteiger partial charge in [-0.05, 0) is 54.6 Å². The average Bonchev–Trinajstić information content (AvgIpc) is 2.80. The molecule has 0 aromatic heterocycles. The number of benzene rings is 3. The molecule has 3 aromatic rings. The number of para-hydroxylation sites is 1. The number of carbonyl (C=O) groups is 2. The first-order valence-corrected chi connectivity index (χ1v) is 12.0. The van der Waals surface area contributed by atoms with Gasteiger partial charge in [-0.15, -0.1) is 0 Å². The molecule has 2 N–H and O–H groups in total. The van der Waals surface area contributed by atoms with Crippen LogP contribution >= 0.6 is 23.2 Å². The first-order chi connectivity index (χ1) is 16.6. The predicted molar refractivity (Wildman–Crippen MR) is 134 cm³/mol. The zero-order chi connectivity index (χ0) is 25.6. The minimum absolute atomic E-state index is 0.0974. The van der Waals surface area contributed by atoms with E-state index in [1.54, 1.807) is 24.3 Å². The van der Waals surface area contributed by atoms with E-state index in [0.29, 0.717) is 10.7 Å². The van der Waals surface area contributed by atoms with Crippen LogP contribution < -0.4 is 14.8 Å². The first kappa shape index (κ1) is 25.8. The van der Waals surface area contributed by atoms with Gasteiger partial charge in [0.2, 0.25) is 5.91 Å². The number of rotatable bonds is 7. The van der Waals surface area contributed by atoms with Crippen LogP contribution in [0.2, 0.25) is 10.0 Å². The molecular formula is C24H17Cl2N3O5S. The van der Waals surface area contributed by atoms with Crippen LogP contribution in [0.15, 0.2) is 77.2 Å². The number of hydrogen-bond donors (Lipinski definition) is 2. The van der Waals surface area contributed by atoms with Crippen LogP contribution in [0.1, 0.15) is 12.5 Å². The average molecular weight is 530 g/mol. The Hall–Kier alpha value is -3.84. The Morgan fingerprint density at radius 2 is 1.69 bits per heavy atom.